The molecule has 3 rings (SSSR count). The van der Waals surface area contributed by atoms with E-state index in [2.05, 4.69) is 23.0 Å². The smallest absolute Gasteiger partial charge is 0.324 e. The maximum absolute atomic E-state index is 12.3. The van der Waals surface area contributed by atoms with Gasteiger partial charge in [-0.05, 0) is 44.6 Å². The zero-order valence-corrected chi connectivity index (χ0v) is 17.0. The molecule has 140 valence electrons. The SMILES string of the molecule is CCOC(=O)[C@H]1CSCCN1Cn1nc(C)n(-c2ccccc2C)c1=S. The molecular weight excluding hydrogens is 368 g/mol. The molecule has 2 aromatic rings. The van der Waals surface area contributed by atoms with Crippen molar-refractivity contribution in [2.45, 2.75) is 33.5 Å². The van der Waals surface area contributed by atoms with Crippen LogP contribution in [0.15, 0.2) is 24.3 Å². The summed E-state index contributed by atoms with van der Waals surface area (Å²) in [6.07, 6.45) is 0. The van der Waals surface area contributed by atoms with Gasteiger partial charge in [0.25, 0.3) is 0 Å². The highest BCUT2D eigenvalue weighted by Crippen LogP contribution is 2.20. The average molecular weight is 393 g/mol. The number of thioether (sulfide) groups is 1. The quantitative estimate of drug-likeness (QED) is 0.576. The predicted molar refractivity (Wildman–Crippen MR) is 106 cm³/mol. The van der Waals surface area contributed by atoms with Crippen LogP contribution >= 0.6 is 24.0 Å². The number of carbonyl (C=O) groups excluding carboxylic acids is 1. The molecule has 0 N–H and O–H groups in total. The molecule has 1 aliphatic rings. The van der Waals surface area contributed by atoms with Crippen LogP contribution in [0.3, 0.4) is 0 Å². The summed E-state index contributed by atoms with van der Waals surface area (Å²) in [4.78, 5) is 14.4. The molecule has 0 bridgehead atoms. The molecule has 0 saturated carbocycles. The molecular formula is C18H24N4O2S2. The van der Waals surface area contributed by atoms with E-state index in [4.69, 9.17) is 17.0 Å². The van der Waals surface area contributed by atoms with E-state index in [-0.39, 0.29) is 12.0 Å². The first kappa shape index (κ1) is 19.1. The summed E-state index contributed by atoms with van der Waals surface area (Å²) in [7, 11) is 0. The van der Waals surface area contributed by atoms with Gasteiger partial charge in [0.2, 0.25) is 4.77 Å². The fraction of sp³-hybridized carbons (Fsp3) is 0.500. The average Bonchev–Trinajstić information content (AvgIpc) is 2.90. The van der Waals surface area contributed by atoms with Gasteiger partial charge in [0.15, 0.2) is 0 Å². The lowest BCUT2D eigenvalue weighted by Gasteiger charge is -2.33. The molecule has 1 aromatic heterocycles. The standard InChI is InChI=1S/C18H24N4O2S2/c1-4-24-17(23)16-11-26-10-9-20(16)12-21-18(25)22(14(3)19-21)15-8-6-5-7-13(15)2/h5-8,16H,4,9-12H2,1-3H3/t16-/m1/s1. The van der Waals surface area contributed by atoms with Crippen molar-refractivity contribution in [3.8, 4) is 5.69 Å². The zero-order chi connectivity index (χ0) is 18.7. The van der Waals surface area contributed by atoms with Gasteiger partial charge in [-0.15, -0.1) is 0 Å². The number of esters is 1. The van der Waals surface area contributed by atoms with Crippen molar-refractivity contribution in [1.29, 1.82) is 0 Å². The lowest BCUT2D eigenvalue weighted by molar-refractivity contribution is -0.149. The molecule has 1 fully saturated rings. The van der Waals surface area contributed by atoms with E-state index < -0.39 is 0 Å². The highest BCUT2D eigenvalue weighted by molar-refractivity contribution is 7.99. The minimum atomic E-state index is -0.250. The van der Waals surface area contributed by atoms with Crippen LogP contribution in [0.25, 0.3) is 5.69 Å². The Balaban J connectivity index is 1.89. The minimum Gasteiger partial charge on any atom is -0.465 e. The maximum Gasteiger partial charge on any atom is 0.324 e. The van der Waals surface area contributed by atoms with Gasteiger partial charge in [0.1, 0.15) is 11.9 Å². The van der Waals surface area contributed by atoms with Crippen LogP contribution < -0.4 is 0 Å². The maximum atomic E-state index is 12.3. The van der Waals surface area contributed by atoms with Crippen LogP contribution in [0.1, 0.15) is 18.3 Å². The third-order valence-electron chi connectivity index (χ3n) is 4.47. The van der Waals surface area contributed by atoms with Gasteiger partial charge in [-0.1, -0.05) is 18.2 Å². The summed E-state index contributed by atoms with van der Waals surface area (Å²) in [6.45, 7) is 7.55. The number of ether oxygens (including phenoxy) is 1. The molecule has 0 spiro atoms. The summed E-state index contributed by atoms with van der Waals surface area (Å²) in [5.74, 6) is 2.40. The zero-order valence-electron chi connectivity index (χ0n) is 15.3. The summed E-state index contributed by atoms with van der Waals surface area (Å²) in [6, 6.07) is 7.87. The van der Waals surface area contributed by atoms with Crippen molar-refractivity contribution in [2.75, 3.05) is 24.7 Å². The predicted octanol–water partition coefficient (Wildman–Crippen LogP) is 2.96. The molecule has 1 aliphatic heterocycles. The number of aromatic nitrogens is 3. The van der Waals surface area contributed by atoms with E-state index in [9.17, 15) is 4.79 Å². The second-order valence-electron chi connectivity index (χ2n) is 6.25. The van der Waals surface area contributed by atoms with Crippen molar-refractivity contribution in [2.24, 2.45) is 0 Å². The number of hydrogen-bond acceptors (Lipinski definition) is 6. The molecule has 6 nitrogen and oxygen atoms in total. The molecule has 0 unspecified atom stereocenters. The van der Waals surface area contributed by atoms with Crippen molar-refractivity contribution < 1.29 is 9.53 Å². The minimum absolute atomic E-state index is 0.165. The van der Waals surface area contributed by atoms with E-state index in [0.717, 1.165) is 35.1 Å². The highest BCUT2D eigenvalue weighted by atomic mass is 32.2. The van der Waals surface area contributed by atoms with Crippen LogP contribution in [0, 0.1) is 18.6 Å². The molecule has 2 heterocycles. The van der Waals surface area contributed by atoms with Gasteiger partial charge in [-0.2, -0.15) is 16.9 Å². The van der Waals surface area contributed by atoms with Gasteiger partial charge in [-0.3, -0.25) is 14.3 Å². The second kappa shape index (κ2) is 8.37. The molecule has 0 radical (unpaired) electrons. The Morgan fingerprint density at radius 1 is 1.38 bits per heavy atom. The molecule has 1 atom stereocenters. The van der Waals surface area contributed by atoms with E-state index in [1.807, 2.05) is 36.6 Å². The Kier molecular flexibility index (Phi) is 6.16. The Labute approximate surface area is 163 Å². The third-order valence-corrected chi connectivity index (χ3v) is 5.89. The number of benzene rings is 1. The van der Waals surface area contributed by atoms with Gasteiger partial charge < -0.3 is 4.74 Å². The lowest BCUT2D eigenvalue weighted by atomic mass is 10.2. The number of para-hydroxylation sites is 1. The van der Waals surface area contributed by atoms with Crippen molar-refractivity contribution in [3.05, 3.63) is 40.4 Å². The topological polar surface area (TPSA) is 52.3 Å². The van der Waals surface area contributed by atoms with Gasteiger partial charge in [0, 0.05) is 18.1 Å². The van der Waals surface area contributed by atoms with Crippen LogP contribution in [-0.4, -0.2) is 55.9 Å². The molecule has 0 aliphatic carbocycles. The Hall–Kier alpha value is -1.64. The van der Waals surface area contributed by atoms with Crippen molar-refractivity contribution >= 4 is 29.9 Å². The van der Waals surface area contributed by atoms with Gasteiger partial charge in [-0.25, -0.2) is 4.68 Å². The number of rotatable bonds is 5. The van der Waals surface area contributed by atoms with Gasteiger partial charge >= 0.3 is 5.97 Å². The third kappa shape index (κ3) is 3.87. The normalized spacial score (nSPS) is 18.0. The summed E-state index contributed by atoms with van der Waals surface area (Å²) in [5, 5.41) is 4.64. The Morgan fingerprint density at radius 2 is 2.15 bits per heavy atom. The van der Waals surface area contributed by atoms with Crippen LogP contribution in [-0.2, 0) is 16.2 Å². The largest absolute Gasteiger partial charge is 0.465 e. The van der Waals surface area contributed by atoms with Crippen LogP contribution in [0.5, 0.6) is 0 Å². The van der Waals surface area contributed by atoms with E-state index in [0.29, 0.717) is 18.0 Å². The summed E-state index contributed by atoms with van der Waals surface area (Å²) >= 11 is 7.47. The van der Waals surface area contributed by atoms with E-state index in [1.165, 1.54) is 0 Å². The number of nitrogens with zero attached hydrogens (tertiary/aromatic N) is 4. The van der Waals surface area contributed by atoms with Crippen LogP contribution in [0.4, 0.5) is 0 Å². The number of hydrogen-bond donors (Lipinski definition) is 0. The Morgan fingerprint density at radius 3 is 2.88 bits per heavy atom. The van der Waals surface area contributed by atoms with E-state index >= 15 is 0 Å². The molecule has 8 heteroatoms. The first-order valence-electron chi connectivity index (χ1n) is 8.73. The lowest BCUT2D eigenvalue weighted by Crippen LogP contribution is -2.48. The van der Waals surface area contributed by atoms with E-state index in [1.54, 1.807) is 16.4 Å². The first-order valence-corrected chi connectivity index (χ1v) is 10.3. The summed E-state index contributed by atoms with van der Waals surface area (Å²) in [5.41, 5.74) is 2.18. The molecule has 26 heavy (non-hydrogen) atoms. The fourth-order valence-corrected chi connectivity index (χ4v) is 4.56. The molecule has 1 aromatic carbocycles. The molecule has 0 amide bonds. The Bertz CT molecular complexity index is 846. The monoisotopic (exact) mass is 392 g/mol. The van der Waals surface area contributed by atoms with Gasteiger partial charge in [0.05, 0.1) is 19.0 Å². The second-order valence-corrected chi connectivity index (χ2v) is 7.76. The highest BCUT2D eigenvalue weighted by Gasteiger charge is 2.31. The van der Waals surface area contributed by atoms with Crippen LogP contribution in [0.2, 0.25) is 0 Å². The fourth-order valence-electron chi connectivity index (χ4n) is 3.13. The van der Waals surface area contributed by atoms with Crippen molar-refractivity contribution in [3.63, 3.8) is 0 Å². The first-order chi connectivity index (χ1) is 12.5. The summed E-state index contributed by atoms with van der Waals surface area (Å²) < 4.78 is 9.67. The number of carbonyl (C=O) groups is 1. The molecule has 1 saturated heterocycles. The number of aryl methyl sites for hydroxylation is 2. The van der Waals surface area contributed by atoms with Crippen molar-refractivity contribution in [1.82, 2.24) is 19.2 Å².